The van der Waals surface area contributed by atoms with E-state index in [4.69, 9.17) is 0 Å². The van der Waals surface area contributed by atoms with Gasteiger partial charge >= 0.3 is 0 Å². The second-order valence-electron chi connectivity index (χ2n) is 4.27. The van der Waals surface area contributed by atoms with Gasteiger partial charge in [-0.1, -0.05) is 6.07 Å². The van der Waals surface area contributed by atoms with Crippen molar-refractivity contribution in [1.29, 1.82) is 0 Å². The summed E-state index contributed by atoms with van der Waals surface area (Å²) >= 11 is 0. The molecule has 1 aromatic rings. The molecule has 2 rings (SSSR count). The molecular formula is C12H13NO3. The molecule has 1 aliphatic heterocycles. The highest BCUT2D eigenvalue weighted by molar-refractivity contribution is 6.10. The number of benzene rings is 1. The molecule has 0 spiro atoms. The number of Topliss-reactive ketones (excluding diaryl/α,β-unsaturated/α-hetero) is 1. The van der Waals surface area contributed by atoms with Crippen LogP contribution in [0.15, 0.2) is 18.2 Å². The number of phenolic OH excluding ortho intramolecular Hbond substituents is 1. The van der Waals surface area contributed by atoms with E-state index in [2.05, 4.69) is 5.32 Å². The molecule has 0 bridgehead atoms. The molecule has 0 aromatic heterocycles. The molecule has 1 atom stereocenters. The summed E-state index contributed by atoms with van der Waals surface area (Å²) in [7, 11) is 0. The lowest BCUT2D eigenvalue weighted by molar-refractivity contribution is -0.123. The lowest BCUT2D eigenvalue weighted by Gasteiger charge is -2.23. The summed E-state index contributed by atoms with van der Waals surface area (Å²) < 4.78 is 0. The van der Waals surface area contributed by atoms with Crippen LogP contribution in [0.4, 0.5) is 0 Å². The first-order valence-electron chi connectivity index (χ1n) is 5.08. The lowest BCUT2D eigenvalue weighted by Crippen LogP contribution is -2.40. The number of rotatable bonds is 1. The maximum absolute atomic E-state index is 11.8. The highest BCUT2D eigenvalue weighted by atomic mass is 16.3. The number of hydrogen-bond acceptors (Lipinski definition) is 3. The van der Waals surface area contributed by atoms with E-state index in [1.807, 2.05) is 0 Å². The van der Waals surface area contributed by atoms with E-state index < -0.39 is 5.54 Å². The van der Waals surface area contributed by atoms with Crippen LogP contribution >= 0.6 is 0 Å². The van der Waals surface area contributed by atoms with E-state index in [0.717, 1.165) is 0 Å². The first kappa shape index (κ1) is 10.7. The normalized spacial score (nSPS) is 24.6. The SMILES string of the molecule is Cc1cc(C2(C)NC(=O)CC2=O)ccc1O. The molecule has 1 amide bonds. The van der Waals surface area contributed by atoms with E-state index in [9.17, 15) is 14.7 Å². The summed E-state index contributed by atoms with van der Waals surface area (Å²) in [6.45, 7) is 3.44. The summed E-state index contributed by atoms with van der Waals surface area (Å²) in [6.07, 6.45) is -0.0730. The molecule has 1 aromatic carbocycles. The molecule has 1 aliphatic rings. The Hall–Kier alpha value is -1.84. The maximum atomic E-state index is 11.8. The molecule has 0 aliphatic carbocycles. The Bertz CT molecular complexity index is 481. The molecule has 4 heteroatoms. The second kappa shape index (κ2) is 3.33. The van der Waals surface area contributed by atoms with Crippen molar-refractivity contribution in [2.24, 2.45) is 0 Å². The Kier molecular flexibility index (Phi) is 2.22. The fourth-order valence-electron chi connectivity index (χ4n) is 1.91. The quantitative estimate of drug-likeness (QED) is 0.692. The number of aromatic hydroxyl groups is 1. The van der Waals surface area contributed by atoms with Crippen molar-refractivity contribution in [3.8, 4) is 5.75 Å². The van der Waals surface area contributed by atoms with Crippen LogP contribution in [0.3, 0.4) is 0 Å². The number of aryl methyl sites for hydroxylation is 1. The molecule has 1 unspecified atom stereocenters. The Morgan fingerprint density at radius 3 is 2.56 bits per heavy atom. The Morgan fingerprint density at radius 1 is 1.38 bits per heavy atom. The third-order valence-corrected chi connectivity index (χ3v) is 3.04. The van der Waals surface area contributed by atoms with Gasteiger partial charge in [0, 0.05) is 0 Å². The van der Waals surface area contributed by atoms with Gasteiger partial charge in [-0.2, -0.15) is 0 Å². The number of hydrogen-bond donors (Lipinski definition) is 2. The van der Waals surface area contributed by atoms with Crippen LogP contribution in [0.1, 0.15) is 24.5 Å². The second-order valence-corrected chi connectivity index (χ2v) is 4.27. The van der Waals surface area contributed by atoms with Gasteiger partial charge in [0.2, 0.25) is 5.91 Å². The molecule has 1 fully saturated rings. The van der Waals surface area contributed by atoms with Gasteiger partial charge in [0.05, 0.1) is 6.42 Å². The van der Waals surface area contributed by atoms with Gasteiger partial charge < -0.3 is 10.4 Å². The maximum Gasteiger partial charge on any atom is 0.228 e. The van der Waals surface area contributed by atoms with Gasteiger partial charge in [-0.15, -0.1) is 0 Å². The zero-order valence-electron chi connectivity index (χ0n) is 9.20. The highest BCUT2D eigenvalue weighted by Gasteiger charge is 2.43. The van der Waals surface area contributed by atoms with Gasteiger partial charge in [-0.05, 0) is 37.1 Å². The predicted octanol–water partition coefficient (Wildman–Crippen LogP) is 1.00. The van der Waals surface area contributed by atoms with Crippen molar-refractivity contribution in [1.82, 2.24) is 5.32 Å². The monoisotopic (exact) mass is 219 g/mol. The number of amides is 1. The minimum Gasteiger partial charge on any atom is -0.508 e. The largest absolute Gasteiger partial charge is 0.508 e. The van der Waals surface area contributed by atoms with Gasteiger partial charge in [-0.3, -0.25) is 9.59 Å². The van der Waals surface area contributed by atoms with Gasteiger partial charge in [0.1, 0.15) is 11.3 Å². The fraction of sp³-hybridized carbons (Fsp3) is 0.333. The summed E-state index contributed by atoms with van der Waals surface area (Å²) in [5, 5.41) is 12.1. The summed E-state index contributed by atoms with van der Waals surface area (Å²) in [6, 6.07) is 4.92. The lowest BCUT2D eigenvalue weighted by atomic mass is 9.88. The average molecular weight is 219 g/mol. The summed E-state index contributed by atoms with van der Waals surface area (Å²) in [5.41, 5.74) is 0.446. The van der Waals surface area contributed by atoms with Crippen LogP contribution in [0.25, 0.3) is 0 Å². The van der Waals surface area contributed by atoms with Crippen LogP contribution < -0.4 is 5.32 Å². The van der Waals surface area contributed by atoms with Crippen LogP contribution in [0.2, 0.25) is 0 Å². The Morgan fingerprint density at radius 2 is 2.06 bits per heavy atom. The Labute approximate surface area is 93.3 Å². The number of carbonyl (C=O) groups excluding carboxylic acids is 2. The highest BCUT2D eigenvalue weighted by Crippen LogP contribution is 2.30. The van der Waals surface area contributed by atoms with Crippen LogP contribution in [-0.4, -0.2) is 16.8 Å². The minimum atomic E-state index is -0.949. The van der Waals surface area contributed by atoms with Crippen molar-refractivity contribution < 1.29 is 14.7 Å². The molecular weight excluding hydrogens is 206 g/mol. The average Bonchev–Trinajstić information content (AvgIpc) is 2.46. The van der Waals surface area contributed by atoms with Crippen LogP contribution in [0.5, 0.6) is 5.75 Å². The standard InChI is InChI=1S/C12H13NO3/c1-7-5-8(3-4-9(7)14)12(2)10(15)6-11(16)13-12/h3-5,14H,6H2,1-2H3,(H,13,16). The Balaban J connectivity index is 2.47. The molecule has 1 saturated heterocycles. The number of ketones is 1. The molecule has 1 heterocycles. The van der Waals surface area contributed by atoms with Crippen molar-refractivity contribution in [2.45, 2.75) is 25.8 Å². The molecule has 4 nitrogen and oxygen atoms in total. The van der Waals surface area contributed by atoms with Crippen molar-refractivity contribution in [3.05, 3.63) is 29.3 Å². The van der Waals surface area contributed by atoms with E-state index in [0.29, 0.717) is 11.1 Å². The molecule has 84 valence electrons. The third kappa shape index (κ3) is 1.46. The van der Waals surface area contributed by atoms with Gasteiger partial charge in [-0.25, -0.2) is 0 Å². The van der Waals surface area contributed by atoms with Crippen molar-refractivity contribution in [2.75, 3.05) is 0 Å². The predicted molar refractivity (Wildman–Crippen MR) is 58.0 cm³/mol. The number of carbonyl (C=O) groups is 2. The molecule has 0 saturated carbocycles. The zero-order valence-corrected chi connectivity index (χ0v) is 9.20. The topological polar surface area (TPSA) is 66.4 Å². The summed E-state index contributed by atoms with van der Waals surface area (Å²) in [5.74, 6) is -0.204. The molecule has 16 heavy (non-hydrogen) atoms. The van der Waals surface area contributed by atoms with E-state index >= 15 is 0 Å². The minimum absolute atomic E-state index is 0.0730. The molecule has 2 N–H and O–H groups in total. The fourth-order valence-corrected chi connectivity index (χ4v) is 1.91. The smallest absolute Gasteiger partial charge is 0.228 e. The van der Waals surface area contributed by atoms with Crippen molar-refractivity contribution in [3.63, 3.8) is 0 Å². The molecule has 0 radical (unpaired) electrons. The van der Waals surface area contributed by atoms with Crippen LogP contribution in [-0.2, 0) is 15.1 Å². The zero-order chi connectivity index (χ0) is 11.9. The van der Waals surface area contributed by atoms with Gasteiger partial charge in [0.15, 0.2) is 5.78 Å². The third-order valence-electron chi connectivity index (χ3n) is 3.04. The number of phenols is 1. The first-order chi connectivity index (χ1) is 7.43. The van der Waals surface area contributed by atoms with E-state index in [-0.39, 0.29) is 23.9 Å². The number of nitrogens with one attached hydrogen (secondary N) is 1. The van der Waals surface area contributed by atoms with Crippen LogP contribution in [0, 0.1) is 6.92 Å². The van der Waals surface area contributed by atoms with E-state index in [1.54, 1.807) is 26.0 Å². The van der Waals surface area contributed by atoms with E-state index in [1.165, 1.54) is 6.07 Å². The summed E-state index contributed by atoms with van der Waals surface area (Å²) in [4.78, 5) is 23.0. The van der Waals surface area contributed by atoms with Crippen molar-refractivity contribution >= 4 is 11.7 Å². The first-order valence-corrected chi connectivity index (χ1v) is 5.08. The van der Waals surface area contributed by atoms with Gasteiger partial charge in [0.25, 0.3) is 0 Å².